The first-order chi connectivity index (χ1) is 8.29. The zero-order valence-corrected chi connectivity index (χ0v) is 11.2. The van der Waals surface area contributed by atoms with Crippen LogP contribution < -0.4 is 0 Å². The van der Waals surface area contributed by atoms with Crippen LogP contribution in [0.15, 0.2) is 35.7 Å². The summed E-state index contributed by atoms with van der Waals surface area (Å²) in [7, 11) is 0. The minimum atomic E-state index is 0.0829. The summed E-state index contributed by atoms with van der Waals surface area (Å²) < 4.78 is 5.78. The van der Waals surface area contributed by atoms with Gasteiger partial charge in [-0.2, -0.15) is 0 Å². The van der Waals surface area contributed by atoms with E-state index in [-0.39, 0.29) is 6.10 Å². The number of alkyl halides is 1. The maximum atomic E-state index is 5.78. The Morgan fingerprint density at radius 1 is 1.35 bits per heavy atom. The van der Waals surface area contributed by atoms with Gasteiger partial charge in [0.1, 0.15) is 5.01 Å². The van der Waals surface area contributed by atoms with E-state index in [1.807, 2.05) is 30.5 Å². The summed E-state index contributed by atoms with van der Waals surface area (Å²) in [4.78, 5) is 4.36. The number of nitrogens with zero attached hydrogens (tertiary/aromatic N) is 1. The van der Waals surface area contributed by atoms with E-state index in [1.54, 1.807) is 11.3 Å². The highest BCUT2D eigenvalue weighted by atomic mass is 35.5. The Hall–Kier alpha value is -0.900. The van der Waals surface area contributed by atoms with Crippen molar-refractivity contribution in [1.29, 1.82) is 0 Å². The lowest BCUT2D eigenvalue weighted by Gasteiger charge is -2.11. The number of ether oxygens (including phenoxy) is 1. The molecule has 0 N–H and O–H groups in total. The second-order valence-corrected chi connectivity index (χ2v) is 4.94. The van der Waals surface area contributed by atoms with Gasteiger partial charge in [0.05, 0.1) is 24.3 Å². The molecular formula is C13H14ClNOS. The van der Waals surface area contributed by atoms with Crippen molar-refractivity contribution in [3.63, 3.8) is 0 Å². The summed E-state index contributed by atoms with van der Waals surface area (Å²) in [6, 6.07) is 10.2. The molecule has 0 aliphatic heterocycles. The van der Waals surface area contributed by atoms with Crippen LogP contribution in [0.4, 0.5) is 0 Å². The minimum absolute atomic E-state index is 0.0829. The lowest BCUT2D eigenvalue weighted by atomic mass is 10.1. The average molecular weight is 268 g/mol. The first-order valence-electron chi connectivity index (χ1n) is 5.45. The van der Waals surface area contributed by atoms with Gasteiger partial charge in [0.25, 0.3) is 0 Å². The highest BCUT2D eigenvalue weighted by Gasteiger charge is 2.07. The summed E-state index contributed by atoms with van der Waals surface area (Å²) in [6.07, 6.45) is 0.0829. The van der Waals surface area contributed by atoms with Crippen molar-refractivity contribution in [1.82, 2.24) is 4.98 Å². The minimum Gasteiger partial charge on any atom is -0.367 e. The van der Waals surface area contributed by atoms with E-state index in [0.29, 0.717) is 12.5 Å². The summed E-state index contributed by atoms with van der Waals surface area (Å²) in [5.74, 6) is 0.463. The molecule has 1 aromatic carbocycles. The third-order valence-corrected chi connectivity index (χ3v) is 3.61. The molecule has 2 rings (SSSR count). The van der Waals surface area contributed by atoms with Crippen LogP contribution in [0.2, 0.25) is 0 Å². The fourth-order valence-corrected chi connectivity index (χ4v) is 2.44. The van der Waals surface area contributed by atoms with Gasteiger partial charge >= 0.3 is 0 Å². The second kappa shape index (κ2) is 6.15. The molecule has 0 saturated carbocycles. The Balaban J connectivity index is 1.90. The Bertz CT molecular complexity index is 457. The van der Waals surface area contributed by atoms with E-state index in [4.69, 9.17) is 16.3 Å². The molecule has 1 heterocycles. The molecule has 2 aromatic rings. The molecule has 0 fully saturated rings. The molecule has 90 valence electrons. The summed E-state index contributed by atoms with van der Waals surface area (Å²) in [5, 5.41) is 2.95. The standard InChI is InChI=1S/C13H14ClNOS/c1-10(11-5-3-2-4-6-11)16-8-13-15-12(7-14)9-17-13/h2-6,9-10H,7-8H2,1H3. The van der Waals surface area contributed by atoms with Crippen molar-refractivity contribution < 1.29 is 4.74 Å². The molecule has 0 saturated heterocycles. The highest BCUT2D eigenvalue weighted by Crippen LogP contribution is 2.19. The molecule has 0 aliphatic carbocycles. The molecule has 4 heteroatoms. The van der Waals surface area contributed by atoms with Crippen LogP contribution in [-0.4, -0.2) is 4.98 Å². The van der Waals surface area contributed by atoms with E-state index in [9.17, 15) is 0 Å². The third-order valence-electron chi connectivity index (χ3n) is 2.46. The molecule has 17 heavy (non-hydrogen) atoms. The quantitative estimate of drug-likeness (QED) is 0.759. The first-order valence-corrected chi connectivity index (χ1v) is 6.87. The highest BCUT2D eigenvalue weighted by molar-refractivity contribution is 7.09. The lowest BCUT2D eigenvalue weighted by Crippen LogP contribution is -2.00. The molecule has 2 nitrogen and oxygen atoms in total. The molecule has 0 bridgehead atoms. The molecule has 1 unspecified atom stereocenters. The van der Waals surface area contributed by atoms with Gasteiger partial charge < -0.3 is 4.74 Å². The van der Waals surface area contributed by atoms with Gasteiger partial charge in [-0.3, -0.25) is 0 Å². The van der Waals surface area contributed by atoms with Gasteiger partial charge in [-0.25, -0.2) is 4.98 Å². The molecule has 0 spiro atoms. The number of thiazole rings is 1. The molecule has 1 atom stereocenters. The van der Waals surface area contributed by atoms with Gasteiger partial charge in [-0.15, -0.1) is 22.9 Å². The maximum absolute atomic E-state index is 5.78. The number of aromatic nitrogens is 1. The van der Waals surface area contributed by atoms with Crippen molar-refractivity contribution in [2.45, 2.75) is 25.5 Å². The van der Waals surface area contributed by atoms with Crippen molar-refractivity contribution in [2.24, 2.45) is 0 Å². The predicted octanol–water partition coefficient (Wildman–Crippen LogP) is 4.16. The molecule has 0 radical (unpaired) electrons. The number of halogens is 1. The Morgan fingerprint density at radius 3 is 2.76 bits per heavy atom. The van der Waals surface area contributed by atoms with Crippen LogP contribution in [0.3, 0.4) is 0 Å². The Labute approximate surface area is 110 Å². The smallest absolute Gasteiger partial charge is 0.119 e. The normalized spacial score (nSPS) is 12.6. The number of hydrogen-bond acceptors (Lipinski definition) is 3. The number of benzene rings is 1. The van der Waals surface area contributed by atoms with Gasteiger partial charge in [0.15, 0.2) is 0 Å². The van der Waals surface area contributed by atoms with Crippen LogP contribution in [0.5, 0.6) is 0 Å². The van der Waals surface area contributed by atoms with Crippen LogP contribution in [-0.2, 0) is 17.2 Å². The average Bonchev–Trinajstić information content (AvgIpc) is 2.85. The van der Waals surface area contributed by atoms with E-state index in [2.05, 4.69) is 17.1 Å². The molecule has 1 aromatic heterocycles. The van der Waals surface area contributed by atoms with Gasteiger partial charge in [0, 0.05) is 5.38 Å². The van der Waals surface area contributed by atoms with Crippen LogP contribution in [0.1, 0.15) is 29.3 Å². The molecule has 0 aliphatic rings. The van der Waals surface area contributed by atoms with Crippen molar-refractivity contribution in [3.8, 4) is 0 Å². The summed E-state index contributed by atoms with van der Waals surface area (Å²) in [6.45, 7) is 2.59. The van der Waals surface area contributed by atoms with Gasteiger partial charge in [-0.1, -0.05) is 30.3 Å². The van der Waals surface area contributed by atoms with E-state index in [0.717, 1.165) is 10.7 Å². The van der Waals surface area contributed by atoms with Crippen molar-refractivity contribution in [2.75, 3.05) is 0 Å². The Morgan fingerprint density at radius 2 is 2.12 bits per heavy atom. The topological polar surface area (TPSA) is 22.1 Å². The lowest BCUT2D eigenvalue weighted by molar-refractivity contribution is 0.0524. The monoisotopic (exact) mass is 267 g/mol. The van der Waals surface area contributed by atoms with Crippen LogP contribution in [0, 0.1) is 0 Å². The van der Waals surface area contributed by atoms with Gasteiger partial charge in [-0.05, 0) is 12.5 Å². The van der Waals surface area contributed by atoms with Crippen molar-refractivity contribution in [3.05, 3.63) is 52.0 Å². The molecular weight excluding hydrogens is 254 g/mol. The zero-order valence-electron chi connectivity index (χ0n) is 9.60. The van der Waals surface area contributed by atoms with E-state index in [1.165, 1.54) is 5.56 Å². The van der Waals surface area contributed by atoms with E-state index < -0.39 is 0 Å². The predicted molar refractivity (Wildman–Crippen MR) is 71.3 cm³/mol. The fourth-order valence-electron chi connectivity index (χ4n) is 1.49. The summed E-state index contributed by atoms with van der Waals surface area (Å²) >= 11 is 7.29. The number of rotatable bonds is 5. The molecule has 0 amide bonds. The van der Waals surface area contributed by atoms with Crippen LogP contribution in [0.25, 0.3) is 0 Å². The Kier molecular flexibility index (Phi) is 4.54. The summed E-state index contributed by atoms with van der Waals surface area (Å²) in [5.41, 5.74) is 2.10. The third kappa shape index (κ3) is 3.53. The maximum Gasteiger partial charge on any atom is 0.119 e. The number of hydrogen-bond donors (Lipinski definition) is 0. The SMILES string of the molecule is CC(OCc1nc(CCl)cs1)c1ccccc1. The van der Waals surface area contributed by atoms with E-state index >= 15 is 0 Å². The zero-order chi connectivity index (χ0) is 12.1. The largest absolute Gasteiger partial charge is 0.367 e. The van der Waals surface area contributed by atoms with Crippen molar-refractivity contribution >= 4 is 22.9 Å². The second-order valence-electron chi connectivity index (χ2n) is 3.73. The fraction of sp³-hybridized carbons (Fsp3) is 0.308. The van der Waals surface area contributed by atoms with Gasteiger partial charge in [0.2, 0.25) is 0 Å². The first kappa shape index (κ1) is 12.6. The van der Waals surface area contributed by atoms with Crippen LogP contribution >= 0.6 is 22.9 Å².